The highest BCUT2D eigenvalue weighted by Gasteiger charge is 2.13. The maximum Gasteiger partial charge on any atom is 0.258 e. The van der Waals surface area contributed by atoms with Crippen LogP contribution in [0.2, 0.25) is 0 Å². The molecular formula is C31H38N3O10P. The van der Waals surface area contributed by atoms with Crippen molar-refractivity contribution in [3.8, 4) is 23.0 Å². The lowest BCUT2D eigenvalue weighted by atomic mass is 10.1. The molecule has 45 heavy (non-hydrogen) atoms. The largest absolute Gasteiger partial charge is 0.487 e. The van der Waals surface area contributed by atoms with Gasteiger partial charge in [0.25, 0.3) is 5.56 Å². The number of ether oxygens (including phenoxy) is 8. The van der Waals surface area contributed by atoms with Crippen LogP contribution in [-0.2, 0) is 23.5 Å². The molecule has 0 unspecified atom stereocenters. The fourth-order valence-electron chi connectivity index (χ4n) is 4.30. The first-order valence-corrected chi connectivity index (χ1v) is 15.8. The molecule has 2 aromatic carbocycles. The Bertz CT molecular complexity index is 1570. The number of nitrogens with one attached hydrogen (secondary N) is 1. The summed E-state index contributed by atoms with van der Waals surface area (Å²) in [7, 11) is 0.167. The summed E-state index contributed by atoms with van der Waals surface area (Å²) >= 11 is 0. The van der Waals surface area contributed by atoms with E-state index in [0.29, 0.717) is 107 Å². The third kappa shape index (κ3) is 10.6. The predicted octanol–water partition coefficient (Wildman–Crippen LogP) is 3.98. The van der Waals surface area contributed by atoms with E-state index in [4.69, 9.17) is 42.5 Å². The van der Waals surface area contributed by atoms with Gasteiger partial charge in [-0.25, -0.2) is 4.98 Å². The summed E-state index contributed by atoms with van der Waals surface area (Å²) < 4.78 is 53.4. The molecule has 0 fully saturated rings. The van der Waals surface area contributed by atoms with Crippen molar-refractivity contribution in [2.24, 2.45) is 0 Å². The Balaban J connectivity index is 0.000000189. The molecule has 0 aliphatic carbocycles. The molecule has 4 heterocycles. The molecule has 242 valence electrons. The molecule has 1 N–H and O–H groups in total. The summed E-state index contributed by atoms with van der Waals surface area (Å²) in [6.45, 7) is 9.53. The highest BCUT2D eigenvalue weighted by molar-refractivity contribution is 7.22. The van der Waals surface area contributed by atoms with Crippen LogP contribution in [0.1, 0.15) is 5.56 Å². The number of benzene rings is 2. The van der Waals surface area contributed by atoms with Gasteiger partial charge in [-0.05, 0) is 30.7 Å². The van der Waals surface area contributed by atoms with Crippen LogP contribution in [-0.4, -0.2) is 101 Å². The van der Waals surface area contributed by atoms with Gasteiger partial charge in [0.1, 0.15) is 26.4 Å². The molecule has 14 heteroatoms. The minimum atomic E-state index is -0.211. The van der Waals surface area contributed by atoms with Crippen LogP contribution in [0.15, 0.2) is 47.7 Å². The summed E-state index contributed by atoms with van der Waals surface area (Å²) in [5.41, 5.74) is 2.42. The lowest BCUT2D eigenvalue weighted by Gasteiger charge is -2.16. The Morgan fingerprint density at radius 3 is 1.51 bits per heavy atom. The second-order valence-corrected chi connectivity index (χ2v) is 9.88. The predicted molar refractivity (Wildman–Crippen MR) is 168 cm³/mol. The molecule has 0 spiro atoms. The van der Waals surface area contributed by atoms with Crippen LogP contribution in [0.5, 0.6) is 23.0 Å². The molecule has 2 aromatic heterocycles. The summed E-state index contributed by atoms with van der Waals surface area (Å²) in [5.74, 6) is 2.47. The Kier molecular flexibility index (Phi) is 14.2. The van der Waals surface area contributed by atoms with Gasteiger partial charge in [0.2, 0.25) is 0 Å². The third-order valence-electron chi connectivity index (χ3n) is 6.42. The Labute approximate surface area is 262 Å². The summed E-state index contributed by atoms with van der Waals surface area (Å²) in [5, 5.41) is 1.54. The van der Waals surface area contributed by atoms with Gasteiger partial charge in [-0.3, -0.25) is 14.3 Å². The number of aromatic amines is 1. The van der Waals surface area contributed by atoms with E-state index >= 15 is 0 Å². The Morgan fingerprint density at radius 2 is 1.02 bits per heavy atom. The van der Waals surface area contributed by atoms with Gasteiger partial charge in [0, 0.05) is 30.4 Å². The van der Waals surface area contributed by atoms with E-state index in [-0.39, 0.29) is 14.0 Å². The minimum Gasteiger partial charge on any atom is -0.487 e. The lowest BCUT2D eigenvalue weighted by molar-refractivity contribution is 0.0224. The van der Waals surface area contributed by atoms with Crippen LogP contribution >= 0.6 is 8.46 Å². The van der Waals surface area contributed by atoms with Crippen molar-refractivity contribution in [3.05, 3.63) is 58.8 Å². The number of aromatic nitrogens is 3. The maximum atomic E-state index is 11.8. The quantitative estimate of drug-likeness (QED) is 0.276. The monoisotopic (exact) mass is 643 g/mol. The number of H-pyrrole nitrogens is 1. The van der Waals surface area contributed by atoms with Crippen molar-refractivity contribution in [2.45, 2.75) is 6.92 Å². The number of aryl methyl sites for hydroxylation is 1. The second-order valence-electron chi connectivity index (χ2n) is 9.52. The number of rotatable bonds is 0. The molecule has 6 rings (SSSR count). The smallest absolute Gasteiger partial charge is 0.258 e. The fourth-order valence-corrected chi connectivity index (χ4v) is 4.30. The molecule has 2 aliphatic heterocycles. The number of hydrogen-bond acceptors (Lipinski definition) is 12. The molecule has 2 aliphatic rings. The van der Waals surface area contributed by atoms with E-state index in [0.717, 1.165) is 22.2 Å². The van der Waals surface area contributed by atoms with E-state index in [2.05, 4.69) is 21.9 Å². The molecular weight excluding hydrogens is 605 g/mol. The lowest BCUT2D eigenvalue weighted by Crippen LogP contribution is -2.16. The molecule has 0 amide bonds. The van der Waals surface area contributed by atoms with Crippen LogP contribution < -0.4 is 24.5 Å². The zero-order chi connectivity index (χ0) is 31.7. The zero-order valence-electron chi connectivity index (χ0n) is 25.5. The highest BCUT2D eigenvalue weighted by Crippen LogP contribution is 2.33. The zero-order valence-corrected chi connectivity index (χ0v) is 26.3. The van der Waals surface area contributed by atoms with Crippen LogP contribution in [0.4, 0.5) is 0 Å². The van der Waals surface area contributed by atoms with Gasteiger partial charge >= 0.3 is 0 Å². The van der Waals surface area contributed by atoms with E-state index < -0.39 is 0 Å². The Morgan fingerprint density at radius 1 is 0.622 bits per heavy atom. The number of pyridine rings is 1. The van der Waals surface area contributed by atoms with Gasteiger partial charge in [-0.2, -0.15) is 0 Å². The van der Waals surface area contributed by atoms with Gasteiger partial charge in [-0.15, -0.1) is 0 Å². The SMILES string of the molecule is CP=O.Cc1ccnc2cc3c(cc12)OCCOCCOCCO3.O=c1[nH]cnc2cc3c(cc12)OCCOCCOCCO3. The first kappa shape index (κ1) is 34.0. The molecule has 4 aromatic rings. The maximum absolute atomic E-state index is 11.8. The van der Waals surface area contributed by atoms with E-state index in [1.165, 1.54) is 6.33 Å². The first-order valence-electron chi connectivity index (χ1n) is 14.5. The van der Waals surface area contributed by atoms with E-state index in [9.17, 15) is 4.79 Å². The minimum absolute atomic E-state index is 0.167. The number of hydrogen-bond donors (Lipinski definition) is 1. The normalized spacial score (nSPS) is 16.3. The molecule has 0 radical (unpaired) electrons. The summed E-state index contributed by atoms with van der Waals surface area (Å²) in [4.78, 5) is 22.9. The molecule has 0 bridgehead atoms. The molecule has 13 nitrogen and oxygen atoms in total. The fraction of sp³-hybridized carbons (Fsp3) is 0.452. The molecule has 0 saturated carbocycles. The van der Waals surface area contributed by atoms with Crippen LogP contribution in [0.3, 0.4) is 0 Å². The van der Waals surface area contributed by atoms with E-state index in [1.807, 2.05) is 18.2 Å². The average Bonchev–Trinajstić information content (AvgIpc) is 3.02. The highest BCUT2D eigenvalue weighted by atomic mass is 31.1. The summed E-state index contributed by atoms with van der Waals surface area (Å²) in [6.07, 6.45) is 3.17. The van der Waals surface area contributed by atoms with Crippen LogP contribution in [0, 0.1) is 6.92 Å². The number of nitrogens with zero attached hydrogens (tertiary/aromatic N) is 2. The second kappa shape index (κ2) is 18.8. The van der Waals surface area contributed by atoms with Gasteiger partial charge in [0.05, 0.1) is 75.6 Å². The summed E-state index contributed by atoms with van der Waals surface area (Å²) in [6, 6.07) is 9.24. The van der Waals surface area contributed by atoms with Crippen molar-refractivity contribution in [2.75, 3.05) is 85.9 Å². The first-order chi connectivity index (χ1) is 22.1. The molecule has 0 atom stereocenters. The van der Waals surface area contributed by atoms with Gasteiger partial charge < -0.3 is 42.9 Å². The van der Waals surface area contributed by atoms with Crippen molar-refractivity contribution in [1.29, 1.82) is 0 Å². The Hall–Kier alpha value is -3.87. The van der Waals surface area contributed by atoms with Gasteiger partial charge in [-0.1, -0.05) is 0 Å². The average molecular weight is 644 g/mol. The number of fused-ring (bicyclic) bond motifs is 4. The third-order valence-corrected chi connectivity index (χ3v) is 6.42. The van der Waals surface area contributed by atoms with Crippen molar-refractivity contribution in [1.82, 2.24) is 15.0 Å². The topological polar surface area (TPSA) is 150 Å². The van der Waals surface area contributed by atoms with Crippen molar-refractivity contribution in [3.63, 3.8) is 0 Å². The van der Waals surface area contributed by atoms with Crippen molar-refractivity contribution < 1.29 is 42.5 Å². The standard InChI is InChI=1S/C16H19NO4.C14H16N2O5.CH3OP/c1-12-2-3-17-14-11-16-15(10-13(12)14)20-8-6-18-4-5-19-7-9-21-16;17-14-10-7-12-13(8-11(10)15-9-16-14)21-6-4-19-2-1-18-3-5-20-12;1-3-2/h2-3,10-11H,4-9H2,1H3;7-9H,1-6H2,(H,15,16,17);1H3. The van der Waals surface area contributed by atoms with Crippen LogP contribution in [0.25, 0.3) is 21.8 Å². The van der Waals surface area contributed by atoms with Crippen molar-refractivity contribution >= 4 is 30.3 Å². The van der Waals surface area contributed by atoms with Gasteiger partial charge in [0.15, 0.2) is 31.5 Å². The molecule has 0 saturated heterocycles. The van der Waals surface area contributed by atoms with E-state index in [1.54, 1.807) is 25.0 Å².